The van der Waals surface area contributed by atoms with E-state index in [-0.39, 0.29) is 72.0 Å². The number of anilines is 5. The summed E-state index contributed by atoms with van der Waals surface area (Å²) >= 11 is 1.50. The van der Waals surface area contributed by atoms with Gasteiger partial charge in [0.05, 0.1) is 34.5 Å². The molecule has 1 aliphatic carbocycles. The Hall–Kier alpha value is -6.65. The van der Waals surface area contributed by atoms with E-state index < -0.39 is 56.3 Å². The van der Waals surface area contributed by atoms with Gasteiger partial charge in [0.1, 0.15) is 23.4 Å². The first-order valence-electron chi connectivity index (χ1n) is 27.1. The molecule has 0 saturated carbocycles. The number of piperazine rings is 1. The predicted octanol–water partition coefficient (Wildman–Crippen LogP) is 5.28. The number of imide groups is 2. The lowest BCUT2D eigenvalue weighted by atomic mass is 9.92. The van der Waals surface area contributed by atoms with E-state index in [9.17, 15) is 43.1 Å². The van der Waals surface area contributed by atoms with Crippen LogP contribution in [0, 0.1) is 0 Å². The van der Waals surface area contributed by atoms with Gasteiger partial charge >= 0.3 is 7.82 Å². The smallest absolute Gasteiger partial charge is 0.371 e. The van der Waals surface area contributed by atoms with Gasteiger partial charge in [0.25, 0.3) is 23.3 Å². The number of carbonyl (C=O) groups is 5. The van der Waals surface area contributed by atoms with Gasteiger partial charge in [-0.1, -0.05) is 0 Å². The third-order valence-electron chi connectivity index (χ3n) is 15.4. The van der Waals surface area contributed by atoms with Crippen molar-refractivity contribution in [2.45, 2.75) is 103 Å². The maximum Gasteiger partial charge on any atom is 0.471 e. The molecule has 21 nitrogen and oxygen atoms in total. The van der Waals surface area contributed by atoms with Crippen molar-refractivity contribution in [3.63, 3.8) is 0 Å². The number of pyridine rings is 3. The van der Waals surface area contributed by atoms with Crippen LogP contribution < -0.4 is 30.9 Å². The number of piperidine rings is 2. The Morgan fingerprint density at radius 3 is 2.41 bits per heavy atom. The van der Waals surface area contributed by atoms with Crippen LogP contribution in [0.25, 0.3) is 11.1 Å². The van der Waals surface area contributed by atoms with E-state index in [2.05, 4.69) is 42.2 Å². The molecule has 3 atom stereocenters. The summed E-state index contributed by atoms with van der Waals surface area (Å²) in [5.41, 5.74) is 4.43. The lowest BCUT2D eigenvalue weighted by molar-refractivity contribution is -0.136. The molecule has 0 spiro atoms. The number of ether oxygens (including phenoxy) is 1. The van der Waals surface area contributed by atoms with Gasteiger partial charge in [0, 0.05) is 103 Å². The summed E-state index contributed by atoms with van der Waals surface area (Å²) in [6.45, 7) is 4.24. The summed E-state index contributed by atoms with van der Waals surface area (Å²) in [6, 6.07) is 11.3. The second-order valence-electron chi connectivity index (χ2n) is 20.1. The first-order chi connectivity index (χ1) is 37.7. The predicted molar refractivity (Wildman–Crippen MR) is 283 cm³/mol. The molecule has 2 unspecified atom stereocenters. The number of hydrogen-bond donors (Lipinski definition) is 4. The fourth-order valence-corrected chi connectivity index (χ4v) is 13.5. The van der Waals surface area contributed by atoms with Crippen molar-refractivity contribution in [1.29, 1.82) is 0 Å². The van der Waals surface area contributed by atoms with Gasteiger partial charge in [-0.2, -0.15) is 0 Å². The van der Waals surface area contributed by atoms with Gasteiger partial charge in [0.15, 0.2) is 6.29 Å². The van der Waals surface area contributed by atoms with Crippen LogP contribution in [-0.4, -0.2) is 127 Å². The number of thiophene rings is 1. The lowest BCUT2D eigenvalue weighted by Gasteiger charge is -2.46. The molecule has 5 amide bonds. The number of phosphoric ester groups is 1. The third-order valence-corrected chi connectivity index (χ3v) is 17.3. The zero-order valence-corrected chi connectivity index (χ0v) is 43.6. The molecular formula is C53H59N10O11PS. The highest BCUT2D eigenvalue weighted by molar-refractivity contribution is 7.46. The summed E-state index contributed by atoms with van der Waals surface area (Å²) in [6.07, 6.45) is 9.42. The van der Waals surface area contributed by atoms with Crippen molar-refractivity contribution < 1.29 is 51.7 Å². The zero-order chi connectivity index (χ0) is 55.7. The highest BCUT2D eigenvalue weighted by Crippen LogP contribution is 2.42. The van der Waals surface area contributed by atoms with Crippen LogP contribution in [0.5, 0.6) is 0 Å². The summed E-state index contributed by atoms with van der Waals surface area (Å²) in [7, 11) is -4.97. The normalized spacial score (nSPS) is 21.7. The van der Waals surface area contributed by atoms with E-state index in [1.807, 2.05) is 12.1 Å². The highest BCUT2D eigenvalue weighted by atomic mass is 32.1. The van der Waals surface area contributed by atoms with Crippen LogP contribution in [-0.2, 0) is 56.3 Å². The average molecular weight is 1080 g/mol. The van der Waals surface area contributed by atoms with E-state index >= 15 is 0 Å². The molecule has 5 aromatic rings. The Morgan fingerprint density at radius 2 is 1.66 bits per heavy atom. The van der Waals surface area contributed by atoms with Crippen LogP contribution >= 0.6 is 19.2 Å². The Balaban J connectivity index is 0.775. The zero-order valence-electron chi connectivity index (χ0n) is 44.9. The molecule has 398 valence electrons. The van der Waals surface area contributed by atoms with Gasteiger partial charge in [-0.25, -0.2) is 14.5 Å². The number of rotatable bonds is 13. The Labute approximate surface area is 446 Å². The van der Waals surface area contributed by atoms with Gasteiger partial charge in [-0.3, -0.25) is 53.3 Å². The quantitative estimate of drug-likeness (QED) is 0.0665. The molecule has 0 radical (unpaired) electrons. The Morgan fingerprint density at radius 1 is 0.868 bits per heavy atom. The number of fused-ring (bicyclic) bond motifs is 4. The van der Waals surface area contributed by atoms with Crippen LogP contribution in [0.2, 0.25) is 0 Å². The Bertz CT molecular complexity index is 3400. The van der Waals surface area contributed by atoms with Gasteiger partial charge in [-0.05, 0) is 124 Å². The van der Waals surface area contributed by atoms with Gasteiger partial charge in [-0.15, -0.1) is 11.3 Å². The molecule has 76 heavy (non-hydrogen) atoms. The van der Waals surface area contributed by atoms with Crippen molar-refractivity contribution in [1.82, 2.24) is 29.7 Å². The SMILES string of the molecule is [2H]C([2H])([2H])n1cc(-c2ccnc(N3CCc4c(sc5c4CCCC5)C3=O)c2COC(C)OP(=O)(O)O)cc(Nc2ccc(N3CCN(C4CCN(c5ccc6c(c5)C(=O)N(C5CCC(=O)NC5=O)C6=O)CC4)C[C@@H]3C)cn2)c1=O. The molecule has 0 bridgehead atoms. The molecule has 5 aliphatic heterocycles. The van der Waals surface area contributed by atoms with Crippen molar-refractivity contribution in [3.05, 3.63) is 109 Å². The first-order valence-corrected chi connectivity index (χ1v) is 28.0. The number of phosphoric acid groups is 1. The molecule has 4 aromatic heterocycles. The average Bonchev–Trinajstić information content (AvgIpc) is 4.05. The molecule has 1 aromatic carbocycles. The number of nitrogens with zero attached hydrogens (tertiary/aromatic N) is 8. The van der Waals surface area contributed by atoms with E-state index in [1.165, 1.54) is 47.2 Å². The summed E-state index contributed by atoms with van der Waals surface area (Å²) < 4.78 is 48.1. The minimum absolute atomic E-state index is 0.0521. The fraction of sp³-hybridized carbons (Fsp3) is 0.434. The molecular weight excluding hydrogens is 1020 g/mol. The van der Waals surface area contributed by atoms with E-state index in [0.29, 0.717) is 33.0 Å². The summed E-state index contributed by atoms with van der Waals surface area (Å²) in [5.74, 6) is -1.90. The largest absolute Gasteiger partial charge is 0.471 e. The number of hydrogen-bond acceptors (Lipinski definition) is 16. The number of amides is 5. The van der Waals surface area contributed by atoms with Gasteiger partial charge < -0.3 is 34.2 Å². The van der Waals surface area contributed by atoms with Crippen LogP contribution in [0.3, 0.4) is 0 Å². The molecule has 4 N–H and O–H groups in total. The maximum absolute atomic E-state index is 14.4. The minimum Gasteiger partial charge on any atom is -0.371 e. The van der Waals surface area contributed by atoms with Crippen LogP contribution in [0.1, 0.15) is 108 Å². The van der Waals surface area contributed by atoms with Crippen LogP contribution in [0.15, 0.2) is 65.8 Å². The van der Waals surface area contributed by atoms with E-state index in [1.54, 1.807) is 35.4 Å². The standard InChI is InChI=1S/C53H59N10O11PS/c1-30-27-60(33-15-19-59(20-16-33)34-8-10-39-40(25-34)51(67)63(50(39)66)43-11-13-46(64)57-49(43)65)22-23-61(30)35-9-12-45(55-26-35)56-42-24-32(28-58(3)52(42)68)36-14-18-54-48(41(36)29-73-31(2)74-75(70,71)72)62-21-17-38-37-6-4-5-7-44(37)76-47(38)53(62)69/h8-10,12,14,18,24-26,28,30-31,33,43H,4-7,11,13,15-17,19-23,27,29H2,1-3H3,(H,55,56)(H,57,64,65)(H2,70,71,72)/t30-,31?,43?/m0/s1/i3D3. The second kappa shape index (κ2) is 20.7. The summed E-state index contributed by atoms with van der Waals surface area (Å²) in [5, 5.41) is 5.29. The molecule has 11 rings (SSSR count). The summed E-state index contributed by atoms with van der Waals surface area (Å²) in [4.78, 5) is 119. The fourth-order valence-electron chi connectivity index (χ4n) is 11.7. The van der Waals surface area contributed by atoms with Crippen molar-refractivity contribution in [2.24, 2.45) is 6.98 Å². The number of aryl methyl sites for hydroxylation is 2. The number of aromatic nitrogens is 3. The molecule has 6 aliphatic rings. The lowest BCUT2D eigenvalue weighted by Crippen LogP contribution is -2.57. The number of carbonyl (C=O) groups excluding carboxylic acids is 5. The van der Waals surface area contributed by atoms with E-state index in [4.69, 9.17) is 13.4 Å². The molecule has 23 heteroatoms. The number of benzene rings is 1. The van der Waals surface area contributed by atoms with Crippen molar-refractivity contribution >= 4 is 77.4 Å². The van der Waals surface area contributed by atoms with Crippen molar-refractivity contribution in [2.75, 3.05) is 59.3 Å². The Kier molecular flexibility index (Phi) is 13.0. The van der Waals surface area contributed by atoms with Crippen LogP contribution in [0.4, 0.5) is 28.7 Å². The maximum atomic E-state index is 14.4. The third kappa shape index (κ3) is 9.98. The topological polar surface area (TPSA) is 249 Å². The first kappa shape index (κ1) is 47.8. The minimum atomic E-state index is -4.97. The molecule has 9 heterocycles. The molecule has 3 saturated heterocycles. The highest BCUT2D eigenvalue weighted by Gasteiger charge is 2.45. The second-order valence-corrected chi connectivity index (χ2v) is 22.4. The number of nitrogens with one attached hydrogen (secondary N) is 2. The molecule has 3 fully saturated rings. The van der Waals surface area contributed by atoms with Gasteiger partial charge in [0.2, 0.25) is 11.8 Å². The monoisotopic (exact) mass is 1080 g/mol. The van der Waals surface area contributed by atoms with Crippen molar-refractivity contribution in [3.8, 4) is 11.1 Å². The van der Waals surface area contributed by atoms with E-state index in [0.717, 1.165) is 93.1 Å².